The monoisotopic (exact) mass is 305 g/mol. The fourth-order valence-corrected chi connectivity index (χ4v) is 3.69. The lowest BCUT2D eigenvalue weighted by Gasteiger charge is -2.23. The van der Waals surface area contributed by atoms with E-state index in [2.05, 4.69) is 4.98 Å². The topological polar surface area (TPSA) is 68.5 Å². The molecule has 0 aliphatic carbocycles. The second-order valence-corrected chi connectivity index (χ2v) is 6.23. The number of rotatable bonds is 4. The van der Waals surface area contributed by atoms with Gasteiger partial charge < -0.3 is 15.4 Å². The first-order chi connectivity index (χ1) is 10.2. The van der Waals surface area contributed by atoms with E-state index in [-0.39, 0.29) is 12.0 Å². The van der Waals surface area contributed by atoms with Crippen LogP contribution in [-0.2, 0) is 4.74 Å². The Kier molecular flexibility index (Phi) is 4.07. The Morgan fingerprint density at radius 2 is 2.48 bits per heavy atom. The first-order valence-corrected chi connectivity index (χ1v) is 8.06. The molecule has 112 valence electrons. The van der Waals surface area contributed by atoms with Crippen LogP contribution in [0.25, 0.3) is 10.2 Å². The summed E-state index contributed by atoms with van der Waals surface area (Å²) in [5.41, 5.74) is 7.32. The van der Waals surface area contributed by atoms with Crippen molar-refractivity contribution >= 4 is 33.1 Å². The summed E-state index contributed by atoms with van der Waals surface area (Å²) in [5.74, 6) is -0.0199. The first kappa shape index (κ1) is 14.3. The maximum atomic E-state index is 12.7. The van der Waals surface area contributed by atoms with Crippen LogP contribution in [0.4, 0.5) is 5.69 Å². The van der Waals surface area contributed by atoms with Crippen molar-refractivity contribution in [1.29, 1.82) is 0 Å². The standard InChI is InChI=1S/C15H19N3O2S/c1-2-18(9-10-5-4-8-20-10)15(19)14-12(16)13-11(21-14)6-3-7-17-13/h3,6-7,10H,2,4-5,8-9,16H2,1H3. The van der Waals surface area contributed by atoms with Gasteiger partial charge in [0.1, 0.15) is 10.4 Å². The predicted molar refractivity (Wildman–Crippen MR) is 84.6 cm³/mol. The number of anilines is 1. The second kappa shape index (κ2) is 5.99. The quantitative estimate of drug-likeness (QED) is 0.942. The molecule has 1 aliphatic heterocycles. The highest BCUT2D eigenvalue weighted by atomic mass is 32.1. The Labute approximate surface area is 127 Å². The number of nitrogens with two attached hydrogens (primary N) is 1. The van der Waals surface area contributed by atoms with E-state index < -0.39 is 0 Å². The molecule has 0 spiro atoms. The van der Waals surface area contributed by atoms with Gasteiger partial charge in [0.2, 0.25) is 0 Å². The van der Waals surface area contributed by atoms with Gasteiger partial charge in [0.05, 0.1) is 16.5 Å². The van der Waals surface area contributed by atoms with Crippen molar-refractivity contribution in [3.63, 3.8) is 0 Å². The van der Waals surface area contributed by atoms with E-state index in [4.69, 9.17) is 10.5 Å². The molecule has 1 aliphatic rings. The van der Waals surface area contributed by atoms with Gasteiger partial charge in [-0.2, -0.15) is 0 Å². The normalized spacial score (nSPS) is 18.2. The fourth-order valence-electron chi connectivity index (χ4n) is 2.64. The maximum absolute atomic E-state index is 12.7. The third-order valence-corrected chi connectivity index (χ3v) is 4.94. The number of likely N-dealkylation sites (N-methyl/N-ethyl adjacent to an activating group) is 1. The number of hydrogen-bond donors (Lipinski definition) is 1. The fraction of sp³-hybridized carbons (Fsp3) is 0.467. The number of carbonyl (C=O) groups is 1. The minimum absolute atomic E-state index is 0.0199. The third-order valence-electron chi connectivity index (χ3n) is 3.79. The van der Waals surface area contributed by atoms with E-state index in [9.17, 15) is 4.79 Å². The highest BCUT2D eigenvalue weighted by Gasteiger charge is 2.25. The molecule has 2 aromatic heterocycles. The van der Waals surface area contributed by atoms with Gasteiger partial charge in [0, 0.05) is 25.9 Å². The van der Waals surface area contributed by atoms with Crippen LogP contribution in [0.5, 0.6) is 0 Å². The molecule has 3 rings (SSSR count). The lowest BCUT2D eigenvalue weighted by Crippen LogP contribution is -2.37. The molecule has 0 bridgehead atoms. The first-order valence-electron chi connectivity index (χ1n) is 7.24. The van der Waals surface area contributed by atoms with Gasteiger partial charge in [-0.25, -0.2) is 0 Å². The molecule has 3 heterocycles. The maximum Gasteiger partial charge on any atom is 0.266 e. The summed E-state index contributed by atoms with van der Waals surface area (Å²) in [6.45, 7) is 4.07. The molecule has 21 heavy (non-hydrogen) atoms. The zero-order valence-corrected chi connectivity index (χ0v) is 12.9. The number of hydrogen-bond acceptors (Lipinski definition) is 5. The molecule has 1 unspecified atom stereocenters. The van der Waals surface area contributed by atoms with Crippen molar-refractivity contribution in [1.82, 2.24) is 9.88 Å². The lowest BCUT2D eigenvalue weighted by atomic mass is 10.2. The zero-order valence-electron chi connectivity index (χ0n) is 12.0. The van der Waals surface area contributed by atoms with E-state index in [0.29, 0.717) is 23.7 Å². The molecule has 5 nitrogen and oxygen atoms in total. The van der Waals surface area contributed by atoms with Crippen molar-refractivity contribution in [2.24, 2.45) is 0 Å². The van der Waals surface area contributed by atoms with Gasteiger partial charge in [0.25, 0.3) is 5.91 Å². The van der Waals surface area contributed by atoms with Crippen molar-refractivity contribution in [2.75, 3.05) is 25.4 Å². The van der Waals surface area contributed by atoms with Crippen LogP contribution in [-0.4, -0.2) is 41.6 Å². The van der Waals surface area contributed by atoms with Crippen LogP contribution in [0.15, 0.2) is 18.3 Å². The number of ether oxygens (including phenoxy) is 1. The summed E-state index contributed by atoms with van der Waals surface area (Å²) in [6, 6.07) is 3.80. The van der Waals surface area contributed by atoms with Crippen LogP contribution in [0.1, 0.15) is 29.4 Å². The van der Waals surface area contributed by atoms with Crippen LogP contribution in [0, 0.1) is 0 Å². The molecular formula is C15H19N3O2S. The number of nitrogen functional groups attached to an aromatic ring is 1. The molecule has 2 N–H and O–H groups in total. The van der Waals surface area contributed by atoms with E-state index >= 15 is 0 Å². The van der Waals surface area contributed by atoms with E-state index in [0.717, 1.165) is 29.7 Å². The summed E-state index contributed by atoms with van der Waals surface area (Å²) < 4.78 is 6.58. The number of pyridine rings is 1. The third kappa shape index (κ3) is 2.73. The van der Waals surface area contributed by atoms with E-state index in [1.165, 1.54) is 11.3 Å². The van der Waals surface area contributed by atoms with Crippen LogP contribution >= 0.6 is 11.3 Å². The number of amides is 1. The summed E-state index contributed by atoms with van der Waals surface area (Å²) in [6.07, 6.45) is 3.95. The van der Waals surface area contributed by atoms with Gasteiger partial charge in [-0.05, 0) is 31.9 Å². The Hall–Kier alpha value is -1.66. The largest absolute Gasteiger partial charge is 0.396 e. The summed E-state index contributed by atoms with van der Waals surface area (Å²) in [7, 11) is 0. The van der Waals surface area contributed by atoms with E-state index in [1.54, 1.807) is 6.20 Å². The molecule has 0 saturated carbocycles. The number of carbonyl (C=O) groups excluding carboxylic acids is 1. The van der Waals surface area contributed by atoms with Crippen molar-refractivity contribution in [2.45, 2.75) is 25.9 Å². The minimum atomic E-state index is -0.0199. The average molecular weight is 305 g/mol. The van der Waals surface area contributed by atoms with Crippen LogP contribution in [0.3, 0.4) is 0 Å². The van der Waals surface area contributed by atoms with Crippen LogP contribution < -0.4 is 5.73 Å². The summed E-state index contributed by atoms with van der Waals surface area (Å²) in [4.78, 5) is 19.4. The molecule has 0 aromatic carbocycles. The SMILES string of the molecule is CCN(CC1CCCO1)C(=O)c1sc2cccnc2c1N. The highest BCUT2D eigenvalue weighted by molar-refractivity contribution is 7.21. The zero-order chi connectivity index (χ0) is 14.8. The van der Waals surface area contributed by atoms with Crippen molar-refractivity contribution in [3.8, 4) is 0 Å². The van der Waals surface area contributed by atoms with Gasteiger partial charge in [-0.1, -0.05) is 0 Å². The number of fused-ring (bicyclic) bond motifs is 1. The number of aromatic nitrogens is 1. The molecular weight excluding hydrogens is 286 g/mol. The van der Waals surface area contributed by atoms with Crippen molar-refractivity contribution in [3.05, 3.63) is 23.2 Å². The minimum Gasteiger partial charge on any atom is -0.396 e. The Bertz CT molecular complexity index is 649. The predicted octanol–water partition coefficient (Wildman–Crippen LogP) is 2.52. The van der Waals surface area contributed by atoms with Gasteiger partial charge >= 0.3 is 0 Å². The van der Waals surface area contributed by atoms with Gasteiger partial charge in [-0.3, -0.25) is 9.78 Å². The van der Waals surface area contributed by atoms with Crippen LogP contribution in [0.2, 0.25) is 0 Å². The summed E-state index contributed by atoms with van der Waals surface area (Å²) in [5, 5.41) is 0. The van der Waals surface area contributed by atoms with Gasteiger partial charge in [0.15, 0.2) is 0 Å². The lowest BCUT2D eigenvalue weighted by molar-refractivity contribution is 0.0543. The Morgan fingerprint density at radius 1 is 1.62 bits per heavy atom. The van der Waals surface area contributed by atoms with E-state index in [1.807, 2.05) is 24.0 Å². The molecule has 1 fully saturated rings. The Balaban J connectivity index is 1.85. The Morgan fingerprint density at radius 3 is 3.14 bits per heavy atom. The van der Waals surface area contributed by atoms with Crippen molar-refractivity contribution < 1.29 is 9.53 Å². The molecule has 1 amide bonds. The van der Waals surface area contributed by atoms with Gasteiger partial charge in [-0.15, -0.1) is 11.3 Å². The molecule has 1 saturated heterocycles. The highest BCUT2D eigenvalue weighted by Crippen LogP contribution is 2.33. The molecule has 6 heteroatoms. The molecule has 2 aromatic rings. The number of nitrogens with zero attached hydrogens (tertiary/aromatic N) is 2. The smallest absolute Gasteiger partial charge is 0.266 e. The number of thiophene rings is 1. The molecule has 1 atom stereocenters. The summed E-state index contributed by atoms with van der Waals surface area (Å²) >= 11 is 1.41. The average Bonchev–Trinajstić information content (AvgIpc) is 3.13. The second-order valence-electron chi connectivity index (χ2n) is 5.17. The molecule has 0 radical (unpaired) electrons.